The molecule has 1 aliphatic rings. The first kappa shape index (κ1) is 21.1. The lowest BCUT2D eigenvalue weighted by Gasteiger charge is -2.37. The van der Waals surface area contributed by atoms with Gasteiger partial charge in [-0.2, -0.15) is 0 Å². The van der Waals surface area contributed by atoms with Gasteiger partial charge in [0.15, 0.2) is 0 Å². The Hall–Kier alpha value is -3.15. The van der Waals surface area contributed by atoms with Crippen molar-refractivity contribution < 1.29 is 9.53 Å². The van der Waals surface area contributed by atoms with Crippen molar-refractivity contribution >= 4 is 22.8 Å². The van der Waals surface area contributed by atoms with Gasteiger partial charge in [0.25, 0.3) is 0 Å². The molecule has 0 spiro atoms. The van der Waals surface area contributed by atoms with Crippen LogP contribution >= 0.6 is 0 Å². The molecular formula is C25H30N4O2. The molecule has 0 radical (unpaired) electrons. The zero-order valence-corrected chi connectivity index (χ0v) is 18.7. The van der Waals surface area contributed by atoms with Crippen molar-refractivity contribution in [3.63, 3.8) is 0 Å². The number of ether oxygens (including phenoxy) is 1. The van der Waals surface area contributed by atoms with E-state index in [1.54, 1.807) is 4.90 Å². The first-order valence-corrected chi connectivity index (χ1v) is 10.8. The lowest BCUT2D eigenvalue weighted by molar-refractivity contribution is 0.0205. The van der Waals surface area contributed by atoms with E-state index >= 15 is 0 Å². The lowest BCUT2D eigenvalue weighted by Crippen LogP contribution is -2.47. The molecular weight excluding hydrogens is 388 g/mol. The summed E-state index contributed by atoms with van der Waals surface area (Å²) in [7, 11) is 2.04. The Morgan fingerprint density at radius 3 is 2.48 bits per heavy atom. The standard InChI is InChI=1S/C25H30N4O2/c1-25(2,3)31-24(30)29-15-12-21(13-16-29)28(4)23-26-14-11-22(27-23)20-10-9-18-7-5-6-8-19(18)17-20/h5-11,14,17,21H,12-13,15-16H2,1-4H3. The maximum absolute atomic E-state index is 12.3. The van der Waals surface area contributed by atoms with Crippen molar-refractivity contribution in [2.45, 2.75) is 45.3 Å². The molecule has 0 aliphatic carbocycles. The van der Waals surface area contributed by atoms with Crippen LogP contribution < -0.4 is 4.90 Å². The van der Waals surface area contributed by atoms with E-state index in [1.165, 1.54) is 10.8 Å². The Morgan fingerprint density at radius 2 is 1.77 bits per heavy atom. The first-order valence-electron chi connectivity index (χ1n) is 10.8. The third kappa shape index (κ3) is 4.95. The minimum atomic E-state index is -0.470. The number of nitrogens with zero attached hydrogens (tertiary/aromatic N) is 4. The van der Waals surface area contributed by atoms with Crippen molar-refractivity contribution in [2.24, 2.45) is 0 Å². The summed E-state index contributed by atoms with van der Waals surface area (Å²) < 4.78 is 5.50. The number of fused-ring (bicyclic) bond motifs is 1. The van der Waals surface area contributed by atoms with Crippen LogP contribution in [-0.4, -0.2) is 52.7 Å². The van der Waals surface area contributed by atoms with Gasteiger partial charge in [0.1, 0.15) is 5.60 Å². The molecule has 6 nitrogen and oxygen atoms in total. The number of benzene rings is 2. The molecule has 162 valence electrons. The highest BCUT2D eigenvalue weighted by Crippen LogP contribution is 2.26. The highest BCUT2D eigenvalue weighted by Gasteiger charge is 2.29. The van der Waals surface area contributed by atoms with Crippen LogP contribution in [0.4, 0.5) is 10.7 Å². The molecule has 6 heteroatoms. The number of carbonyl (C=O) groups is 1. The maximum Gasteiger partial charge on any atom is 0.410 e. The molecule has 1 fully saturated rings. The Morgan fingerprint density at radius 1 is 1.06 bits per heavy atom. The summed E-state index contributed by atoms with van der Waals surface area (Å²) >= 11 is 0. The fraction of sp³-hybridized carbons (Fsp3) is 0.400. The number of carbonyl (C=O) groups excluding carboxylic acids is 1. The van der Waals surface area contributed by atoms with Crippen molar-refractivity contribution in [1.29, 1.82) is 0 Å². The topological polar surface area (TPSA) is 58.6 Å². The van der Waals surface area contributed by atoms with E-state index in [4.69, 9.17) is 9.72 Å². The van der Waals surface area contributed by atoms with Gasteiger partial charge in [-0.15, -0.1) is 0 Å². The average Bonchev–Trinajstić information content (AvgIpc) is 2.77. The second-order valence-electron chi connectivity index (χ2n) is 9.11. The van der Waals surface area contributed by atoms with Crippen molar-refractivity contribution in [3.8, 4) is 11.3 Å². The van der Waals surface area contributed by atoms with E-state index in [0.717, 1.165) is 24.1 Å². The van der Waals surface area contributed by atoms with Crippen LogP contribution in [0.15, 0.2) is 54.7 Å². The smallest absolute Gasteiger partial charge is 0.410 e. The summed E-state index contributed by atoms with van der Waals surface area (Å²) in [5.41, 5.74) is 1.52. The van der Waals surface area contributed by atoms with Crippen LogP contribution in [0.3, 0.4) is 0 Å². The van der Waals surface area contributed by atoms with E-state index in [2.05, 4.69) is 46.3 Å². The van der Waals surface area contributed by atoms with Crippen LogP contribution in [0.2, 0.25) is 0 Å². The maximum atomic E-state index is 12.3. The molecule has 0 unspecified atom stereocenters. The minimum absolute atomic E-state index is 0.233. The summed E-state index contributed by atoms with van der Waals surface area (Å²) in [4.78, 5) is 25.6. The molecule has 0 bridgehead atoms. The predicted molar refractivity (Wildman–Crippen MR) is 124 cm³/mol. The fourth-order valence-corrected chi connectivity index (χ4v) is 3.95. The van der Waals surface area contributed by atoms with Gasteiger partial charge in [-0.1, -0.05) is 36.4 Å². The molecule has 0 saturated carbocycles. The number of hydrogen-bond donors (Lipinski definition) is 0. The van der Waals surface area contributed by atoms with E-state index < -0.39 is 5.60 Å². The van der Waals surface area contributed by atoms with Crippen LogP contribution in [0.25, 0.3) is 22.0 Å². The molecule has 1 aromatic heterocycles. The van der Waals surface area contributed by atoms with Gasteiger partial charge in [-0.3, -0.25) is 0 Å². The number of likely N-dealkylation sites (tertiary alicyclic amines) is 1. The molecule has 1 saturated heterocycles. The van der Waals surface area contributed by atoms with Crippen molar-refractivity contribution in [1.82, 2.24) is 14.9 Å². The molecule has 3 aromatic rings. The highest BCUT2D eigenvalue weighted by molar-refractivity contribution is 5.86. The summed E-state index contributed by atoms with van der Waals surface area (Å²) in [5.74, 6) is 0.710. The average molecular weight is 419 g/mol. The molecule has 4 rings (SSSR count). The Bertz CT molecular complexity index is 1070. The Kier molecular flexibility index (Phi) is 5.81. The van der Waals surface area contributed by atoms with Gasteiger partial charge < -0.3 is 14.5 Å². The zero-order chi connectivity index (χ0) is 22.0. The quantitative estimate of drug-likeness (QED) is 0.590. The second-order valence-corrected chi connectivity index (χ2v) is 9.11. The van der Waals surface area contributed by atoms with E-state index in [1.807, 2.05) is 46.1 Å². The van der Waals surface area contributed by atoms with Gasteiger partial charge in [-0.25, -0.2) is 14.8 Å². The summed E-state index contributed by atoms with van der Waals surface area (Å²) in [6.07, 6.45) is 3.31. The van der Waals surface area contributed by atoms with Gasteiger partial charge in [0, 0.05) is 37.9 Å². The Balaban J connectivity index is 1.45. The van der Waals surface area contributed by atoms with Crippen molar-refractivity contribution in [2.75, 3.05) is 25.0 Å². The number of amides is 1. The first-order chi connectivity index (χ1) is 14.8. The molecule has 1 aliphatic heterocycles. The number of aromatic nitrogens is 2. The molecule has 0 N–H and O–H groups in total. The number of anilines is 1. The van der Waals surface area contributed by atoms with Gasteiger partial charge in [0.2, 0.25) is 5.95 Å². The van der Waals surface area contributed by atoms with Gasteiger partial charge >= 0.3 is 6.09 Å². The van der Waals surface area contributed by atoms with E-state index in [-0.39, 0.29) is 12.1 Å². The summed E-state index contributed by atoms with van der Waals surface area (Å²) in [6.45, 7) is 7.03. The largest absolute Gasteiger partial charge is 0.444 e. The third-order valence-corrected chi connectivity index (χ3v) is 5.67. The molecule has 0 atom stereocenters. The number of piperidine rings is 1. The molecule has 2 heterocycles. The van der Waals surface area contributed by atoms with Crippen LogP contribution in [0.5, 0.6) is 0 Å². The second kappa shape index (κ2) is 8.53. The van der Waals surface area contributed by atoms with E-state index in [9.17, 15) is 4.79 Å². The van der Waals surface area contributed by atoms with Crippen LogP contribution in [0, 0.1) is 0 Å². The van der Waals surface area contributed by atoms with Crippen LogP contribution in [0.1, 0.15) is 33.6 Å². The molecule has 2 aromatic carbocycles. The van der Waals surface area contributed by atoms with Gasteiger partial charge in [-0.05, 0) is 56.5 Å². The summed E-state index contributed by atoms with van der Waals surface area (Å²) in [5, 5.41) is 2.41. The number of rotatable bonds is 3. The van der Waals surface area contributed by atoms with Crippen LogP contribution in [-0.2, 0) is 4.74 Å². The lowest BCUT2D eigenvalue weighted by atomic mass is 10.0. The highest BCUT2D eigenvalue weighted by atomic mass is 16.6. The van der Waals surface area contributed by atoms with Gasteiger partial charge in [0.05, 0.1) is 5.69 Å². The SMILES string of the molecule is CN(c1nccc(-c2ccc3ccccc3c2)n1)C1CCN(C(=O)OC(C)(C)C)CC1. The normalized spacial score (nSPS) is 15.2. The fourth-order valence-electron chi connectivity index (χ4n) is 3.95. The summed E-state index contributed by atoms with van der Waals surface area (Å²) in [6, 6.07) is 17.0. The predicted octanol–water partition coefficient (Wildman–Crippen LogP) is 5.13. The van der Waals surface area contributed by atoms with Crippen molar-refractivity contribution in [3.05, 3.63) is 54.7 Å². The third-order valence-electron chi connectivity index (χ3n) is 5.67. The molecule has 1 amide bonds. The minimum Gasteiger partial charge on any atom is -0.444 e. The zero-order valence-electron chi connectivity index (χ0n) is 18.7. The number of hydrogen-bond acceptors (Lipinski definition) is 5. The Labute approximate surface area is 183 Å². The van der Waals surface area contributed by atoms with E-state index in [0.29, 0.717) is 19.0 Å². The molecule has 31 heavy (non-hydrogen) atoms. The monoisotopic (exact) mass is 418 g/mol.